The van der Waals surface area contributed by atoms with E-state index in [1.54, 1.807) is 37.3 Å². The smallest absolute Gasteiger partial charge is 0.409 e. The number of ether oxygens (including phenoxy) is 1. The maximum atomic E-state index is 13.3. The number of rotatable bonds is 8. The largest absolute Gasteiger partial charge is 0.487 e. The van der Waals surface area contributed by atoms with Gasteiger partial charge in [-0.2, -0.15) is 0 Å². The average Bonchev–Trinajstić information content (AvgIpc) is 3.31. The molecule has 1 saturated heterocycles. The number of nitrogens with one attached hydrogen (secondary N) is 1. The number of anilines is 1. The van der Waals surface area contributed by atoms with Crippen molar-refractivity contribution in [2.75, 3.05) is 18.3 Å². The van der Waals surface area contributed by atoms with Gasteiger partial charge in [0, 0.05) is 0 Å². The third-order valence-electron chi connectivity index (χ3n) is 4.66. The lowest BCUT2D eigenvalue weighted by molar-refractivity contribution is -0.0511. The molecule has 0 aliphatic carbocycles. The summed E-state index contributed by atoms with van der Waals surface area (Å²) >= 11 is 0. The van der Waals surface area contributed by atoms with Gasteiger partial charge in [0.1, 0.15) is 30.4 Å². The zero-order valence-electron chi connectivity index (χ0n) is 16.5. The fourth-order valence-corrected chi connectivity index (χ4v) is 4.56. The van der Waals surface area contributed by atoms with E-state index in [0.29, 0.717) is 5.75 Å². The van der Waals surface area contributed by atoms with Gasteiger partial charge in [-0.25, -0.2) is 19.5 Å². The van der Waals surface area contributed by atoms with Crippen molar-refractivity contribution in [2.45, 2.75) is 31.5 Å². The molecule has 4 rings (SSSR count). The van der Waals surface area contributed by atoms with Crippen LogP contribution in [0.1, 0.15) is 13.2 Å². The van der Waals surface area contributed by atoms with Crippen LogP contribution in [-0.2, 0) is 13.8 Å². The van der Waals surface area contributed by atoms with Gasteiger partial charge in [-0.05, 0) is 19.1 Å². The molecule has 31 heavy (non-hydrogen) atoms. The van der Waals surface area contributed by atoms with Crippen molar-refractivity contribution in [3.63, 3.8) is 0 Å². The predicted octanol–water partition coefficient (Wildman–Crippen LogP) is 1.07. The standard InChI is InChI=1S/C18H22N5O7P/c1-2-28-31(27,30-11-6-4-3-5-7-11)22-16-13-17(20-9-19-16)23(10-21-13)18-15(26)14(25)12(8-24)29-18/h3-7,9-10,12,14-15,18,24-26H,2,8H2,1H3,(H,19,20,22,27)/t12-,14-,15-,18-,31?/m1/s1. The Morgan fingerprint density at radius 2 is 1.97 bits per heavy atom. The Bertz CT molecular complexity index is 1080. The van der Waals surface area contributed by atoms with Gasteiger partial charge in [-0.15, -0.1) is 0 Å². The third kappa shape index (κ3) is 4.26. The monoisotopic (exact) mass is 451 g/mol. The number of imidazole rings is 1. The summed E-state index contributed by atoms with van der Waals surface area (Å²) < 4.78 is 31.1. The summed E-state index contributed by atoms with van der Waals surface area (Å²) in [4.78, 5) is 12.5. The SMILES string of the molecule is CCOP(=O)(Nc1ncnc2c1ncn2[C@@H]1O[C@H](CO)[C@@H](O)[C@H]1O)Oc1ccccc1. The summed E-state index contributed by atoms with van der Waals surface area (Å²) in [6.45, 7) is 1.33. The number of fused-ring (bicyclic) bond motifs is 1. The Morgan fingerprint density at radius 1 is 1.19 bits per heavy atom. The minimum absolute atomic E-state index is 0.0863. The molecule has 1 aliphatic heterocycles. The van der Waals surface area contributed by atoms with Crippen LogP contribution in [-0.4, -0.2) is 66.4 Å². The van der Waals surface area contributed by atoms with E-state index < -0.39 is 38.9 Å². The number of para-hydroxylation sites is 1. The number of aliphatic hydroxyl groups is 3. The lowest BCUT2D eigenvalue weighted by Gasteiger charge is -2.19. The highest BCUT2D eigenvalue weighted by atomic mass is 31.2. The van der Waals surface area contributed by atoms with Crippen LogP contribution in [0.5, 0.6) is 5.75 Å². The number of benzene rings is 1. The summed E-state index contributed by atoms with van der Waals surface area (Å²) in [5.74, 6) is 0.428. The van der Waals surface area contributed by atoms with Crippen LogP contribution in [0, 0.1) is 0 Å². The molecule has 4 N–H and O–H groups in total. The molecule has 1 aromatic carbocycles. The first-order chi connectivity index (χ1) is 15.0. The lowest BCUT2D eigenvalue weighted by Crippen LogP contribution is -2.33. The molecule has 0 saturated carbocycles. The zero-order valence-corrected chi connectivity index (χ0v) is 17.4. The van der Waals surface area contributed by atoms with Crippen LogP contribution >= 0.6 is 7.75 Å². The van der Waals surface area contributed by atoms with E-state index in [0.717, 1.165) is 0 Å². The van der Waals surface area contributed by atoms with E-state index in [4.69, 9.17) is 13.8 Å². The fourth-order valence-electron chi connectivity index (χ4n) is 3.23. The van der Waals surface area contributed by atoms with Crippen LogP contribution in [0.3, 0.4) is 0 Å². The maximum absolute atomic E-state index is 13.3. The molecule has 3 heterocycles. The highest BCUT2D eigenvalue weighted by Crippen LogP contribution is 2.48. The minimum atomic E-state index is -3.86. The molecule has 1 unspecified atom stereocenters. The summed E-state index contributed by atoms with van der Waals surface area (Å²) in [6, 6.07) is 8.54. The van der Waals surface area contributed by atoms with Crippen molar-refractivity contribution >= 4 is 24.7 Å². The second kappa shape index (κ2) is 8.87. The van der Waals surface area contributed by atoms with Gasteiger partial charge in [0.15, 0.2) is 23.2 Å². The van der Waals surface area contributed by atoms with Crippen LogP contribution in [0.25, 0.3) is 11.2 Å². The second-order valence-corrected chi connectivity index (χ2v) is 8.37. The molecule has 1 aliphatic rings. The first kappa shape index (κ1) is 21.6. The quantitative estimate of drug-likeness (QED) is 0.363. The molecule has 0 bridgehead atoms. The van der Waals surface area contributed by atoms with Gasteiger partial charge in [-0.1, -0.05) is 18.2 Å². The van der Waals surface area contributed by atoms with Crippen molar-refractivity contribution in [3.05, 3.63) is 43.0 Å². The first-order valence-corrected chi connectivity index (χ1v) is 11.1. The average molecular weight is 451 g/mol. The van der Waals surface area contributed by atoms with Crippen molar-refractivity contribution in [1.82, 2.24) is 19.5 Å². The summed E-state index contributed by atoms with van der Waals surface area (Å²) in [7, 11) is -3.86. The van der Waals surface area contributed by atoms with Gasteiger partial charge in [-0.3, -0.25) is 14.2 Å². The number of nitrogens with zero attached hydrogens (tertiary/aromatic N) is 4. The summed E-state index contributed by atoms with van der Waals surface area (Å²) in [5.41, 5.74) is 0.465. The molecule has 13 heteroatoms. The summed E-state index contributed by atoms with van der Waals surface area (Å²) in [6.07, 6.45) is -2.01. The number of hydrogen-bond acceptors (Lipinski definition) is 10. The first-order valence-electron chi connectivity index (χ1n) is 9.53. The molecule has 0 amide bonds. The maximum Gasteiger partial charge on any atom is 0.487 e. The van der Waals surface area contributed by atoms with Crippen LogP contribution in [0.2, 0.25) is 0 Å². The lowest BCUT2D eigenvalue weighted by atomic mass is 10.1. The normalized spacial score (nSPS) is 25.4. The van der Waals surface area contributed by atoms with E-state index in [2.05, 4.69) is 20.0 Å². The van der Waals surface area contributed by atoms with Crippen LogP contribution in [0.4, 0.5) is 5.82 Å². The Kier molecular flexibility index (Phi) is 6.19. The molecule has 12 nitrogen and oxygen atoms in total. The van der Waals surface area contributed by atoms with Gasteiger partial charge in [0.25, 0.3) is 0 Å². The van der Waals surface area contributed by atoms with Crippen molar-refractivity contribution in [3.8, 4) is 5.75 Å². The van der Waals surface area contributed by atoms with Crippen molar-refractivity contribution < 1.29 is 33.7 Å². The van der Waals surface area contributed by atoms with Crippen molar-refractivity contribution in [2.24, 2.45) is 0 Å². The van der Waals surface area contributed by atoms with Gasteiger partial charge >= 0.3 is 7.75 Å². The molecule has 0 spiro atoms. The molecular formula is C18H22N5O7P. The molecule has 2 aromatic heterocycles. The van der Waals surface area contributed by atoms with Crippen LogP contribution < -0.4 is 9.61 Å². The molecule has 5 atom stereocenters. The van der Waals surface area contributed by atoms with Gasteiger partial charge < -0.3 is 24.6 Å². The van der Waals surface area contributed by atoms with E-state index >= 15 is 0 Å². The van der Waals surface area contributed by atoms with Gasteiger partial charge in [0.05, 0.1) is 19.5 Å². The zero-order chi connectivity index (χ0) is 22.0. The third-order valence-corrected chi connectivity index (χ3v) is 6.20. The number of hydrogen-bond donors (Lipinski definition) is 4. The molecule has 1 fully saturated rings. The predicted molar refractivity (Wildman–Crippen MR) is 108 cm³/mol. The Hall–Kier alpha value is -2.60. The van der Waals surface area contributed by atoms with Crippen molar-refractivity contribution in [1.29, 1.82) is 0 Å². The Balaban J connectivity index is 1.65. The van der Waals surface area contributed by atoms with Gasteiger partial charge in [0.2, 0.25) is 0 Å². The van der Waals surface area contributed by atoms with E-state index in [9.17, 15) is 19.9 Å². The van der Waals surface area contributed by atoms with E-state index in [1.165, 1.54) is 17.2 Å². The Morgan fingerprint density at radius 3 is 2.65 bits per heavy atom. The highest BCUT2D eigenvalue weighted by Gasteiger charge is 2.44. The minimum Gasteiger partial charge on any atom is -0.409 e. The molecule has 3 aromatic rings. The topological polar surface area (TPSA) is 161 Å². The molecular weight excluding hydrogens is 429 g/mol. The molecule has 0 radical (unpaired) electrons. The number of aliphatic hydroxyl groups excluding tert-OH is 3. The highest BCUT2D eigenvalue weighted by molar-refractivity contribution is 7.55. The second-order valence-electron chi connectivity index (χ2n) is 6.71. The Labute approximate surface area is 177 Å². The summed E-state index contributed by atoms with van der Waals surface area (Å²) in [5, 5.41) is 32.3. The number of aromatic nitrogens is 4. The fraction of sp³-hybridized carbons (Fsp3) is 0.389. The molecule has 166 valence electrons. The van der Waals surface area contributed by atoms with E-state index in [1.807, 2.05) is 0 Å². The van der Waals surface area contributed by atoms with Crippen LogP contribution in [0.15, 0.2) is 43.0 Å². The van der Waals surface area contributed by atoms with E-state index in [-0.39, 0.29) is 23.6 Å².